The van der Waals surface area contributed by atoms with Crippen molar-refractivity contribution in [2.75, 3.05) is 53.7 Å². The van der Waals surface area contributed by atoms with Gasteiger partial charge in [-0.3, -0.25) is 0 Å². The molecule has 2 aromatic rings. The lowest BCUT2D eigenvalue weighted by molar-refractivity contribution is -0.165. The second-order valence-electron chi connectivity index (χ2n) is 11.4. The van der Waals surface area contributed by atoms with Crippen LogP contribution in [0.3, 0.4) is 0 Å². The van der Waals surface area contributed by atoms with Crippen molar-refractivity contribution < 1.29 is 59.2 Å². The average molecular weight is 685 g/mol. The molecule has 0 heterocycles. The maximum absolute atomic E-state index is 9.77. The highest BCUT2D eigenvalue weighted by molar-refractivity contribution is 5.83. The lowest BCUT2D eigenvalue weighted by Crippen LogP contribution is -2.39. The van der Waals surface area contributed by atoms with Gasteiger partial charge in [-0.05, 0) is 48.2 Å². The molecule has 48 heavy (non-hydrogen) atoms. The number of methoxy groups -OCH3 is 2. The Morgan fingerprint density at radius 2 is 0.917 bits per heavy atom. The summed E-state index contributed by atoms with van der Waals surface area (Å²) in [7, 11) is 3.40. The van der Waals surface area contributed by atoms with Crippen LogP contribution in [0.25, 0.3) is 0 Å². The van der Waals surface area contributed by atoms with Gasteiger partial charge in [0.2, 0.25) is 0 Å². The molecule has 8 N–H and O–H groups in total. The summed E-state index contributed by atoms with van der Waals surface area (Å²) >= 11 is 0. The number of aliphatic hydroxyl groups is 4. The maximum Gasteiger partial charge on any atom is 0.335 e. The molecule has 0 aliphatic rings. The molecule has 0 aliphatic heterocycles. The fourth-order valence-corrected chi connectivity index (χ4v) is 3.46. The second-order valence-corrected chi connectivity index (χ2v) is 11.4. The van der Waals surface area contributed by atoms with Crippen LogP contribution in [0.2, 0.25) is 0 Å². The molecule has 2 rings (SSSR count). The minimum absolute atomic E-state index is 0.303. The van der Waals surface area contributed by atoms with Gasteiger partial charge in [0.15, 0.2) is 12.2 Å². The molecule has 0 radical (unpaired) electrons. The number of ether oxygens (including phenoxy) is 4. The van der Waals surface area contributed by atoms with Gasteiger partial charge in [-0.25, -0.2) is 9.59 Å². The monoisotopic (exact) mass is 684 g/mol. The fourth-order valence-electron chi connectivity index (χ4n) is 3.46. The van der Waals surface area contributed by atoms with Gasteiger partial charge in [-0.1, -0.05) is 52.0 Å². The molecule has 0 saturated carbocycles. The number of aliphatic hydroxyl groups excluding tert-OH is 4. The lowest BCUT2D eigenvalue weighted by Gasteiger charge is -2.15. The number of aliphatic carboxylic acids is 2. The molecule has 0 fully saturated rings. The van der Waals surface area contributed by atoms with Gasteiger partial charge in [0.1, 0.15) is 36.9 Å². The molecule has 274 valence electrons. The number of nitrogens with one attached hydrogen (secondary N) is 2. The first-order valence-electron chi connectivity index (χ1n) is 15.8. The van der Waals surface area contributed by atoms with E-state index in [1.54, 1.807) is 14.2 Å². The van der Waals surface area contributed by atoms with Crippen molar-refractivity contribution in [3.05, 3.63) is 59.7 Å². The Kier molecular flexibility index (Phi) is 24.7. The van der Waals surface area contributed by atoms with Crippen LogP contribution in [0, 0.1) is 0 Å². The van der Waals surface area contributed by atoms with E-state index in [-0.39, 0.29) is 0 Å². The van der Waals surface area contributed by atoms with E-state index >= 15 is 0 Å². The van der Waals surface area contributed by atoms with E-state index in [1.165, 1.54) is 11.1 Å². The molecule has 0 bridgehead atoms. The van der Waals surface area contributed by atoms with Gasteiger partial charge in [-0.2, -0.15) is 0 Å². The second kappa shape index (κ2) is 26.6. The van der Waals surface area contributed by atoms with Crippen molar-refractivity contribution in [2.24, 2.45) is 0 Å². The summed E-state index contributed by atoms with van der Waals surface area (Å²) < 4.78 is 21.1. The third kappa shape index (κ3) is 23.1. The highest BCUT2D eigenvalue weighted by Gasteiger charge is 2.29. The zero-order chi connectivity index (χ0) is 36.5. The van der Waals surface area contributed by atoms with Crippen LogP contribution < -0.4 is 20.1 Å². The van der Waals surface area contributed by atoms with E-state index in [9.17, 15) is 19.8 Å². The first-order chi connectivity index (χ1) is 22.7. The molecular weight excluding hydrogens is 628 g/mol. The van der Waals surface area contributed by atoms with Crippen molar-refractivity contribution in [2.45, 2.75) is 77.0 Å². The van der Waals surface area contributed by atoms with Gasteiger partial charge < -0.3 is 60.2 Å². The van der Waals surface area contributed by atoms with Crippen LogP contribution in [0.4, 0.5) is 0 Å². The molecule has 4 atom stereocenters. The smallest absolute Gasteiger partial charge is 0.335 e. The van der Waals surface area contributed by atoms with Crippen LogP contribution in [-0.2, 0) is 31.9 Å². The minimum atomic E-state index is -2.27. The lowest BCUT2D eigenvalue weighted by atomic mass is 10.1. The van der Waals surface area contributed by atoms with Crippen LogP contribution in [0.5, 0.6) is 11.5 Å². The number of hydrogen-bond acceptors (Lipinski definition) is 12. The summed E-state index contributed by atoms with van der Waals surface area (Å²) in [5.41, 5.74) is 2.44. The zero-order valence-corrected chi connectivity index (χ0v) is 28.9. The van der Waals surface area contributed by atoms with Crippen molar-refractivity contribution >= 4 is 11.9 Å². The highest BCUT2D eigenvalue weighted by atomic mass is 16.5. The van der Waals surface area contributed by atoms with Crippen molar-refractivity contribution in [3.8, 4) is 11.5 Å². The molecule has 4 unspecified atom stereocenters. The van der Waals surface area contributed by atoms with Crippen LogP contribution in [0.1, 0.15) is 38.8 Å². The van der Waals surface area contributed by atoms with E-state index in [0.29, 0.717) is 38.4 Å². The first kappa shape index (κ1) is 44.7. The molecule has 14 heteroatoms. The molecule has 0 aromatic heterocycles. The summed E-state index contributed by atoms with van der Waals surface area (Å²) in [6, 6.07) is 16.5. The van der Waals surface area contributed by atoms with Gasteiger partial charge >= 0.3 is 11.9 Å². The van der Waals surface area contributed by atoms with Crippen molar-refractivity contribution in [1.29, 1.82) is 0 Å². The van der Waals surface area contributed by atoms with E-state index in [1.807, 2.05) is 76.2 Å². The third-order valence-electron chi connectivity index (χ3n) is 6.25. The predicted octanol–water partition coefficient (Wildman–Crippen LogP) is 1.10. The molecule has 2 aromatic carbocycles. The van der Waals surface area contributed by atoms with Crippen LogP contribution >= 0.6 is 0 Å². The SMILES string of the molecule is COCCc1ccc(OCC(O)CNC(C)C)cc1.COCCc1ccc(OCC(O)CNC(C)C)cc1.O=C(O)C(O)C(O)C(=O)O. The largest absolute Gasteiger partial charge is 0.491 e. The molecule has 0 spiro atoms. The summed E-state index contributed by atoms with van der Waals surface area (Å²) in [5, 5.41) is 58.3. The van der Waals surface area contributed by atoms with Gasteiger partial charge in [0.05, 0.1) is 13.2 Å². The van der Waals surface area contributed by atoms with Gasteiger partial charge in [-0.15, -0.1) is 0 Å². The molecular formula is C34H56N2O12. The molecule has 14 nitrogen and oxygen atoms in total. The number of hydrogen-bond donors (Lipinski definition) is 8. The third-order valence-corrected chi connectivity index (χ3v) is 6.25. The standard InChI is InChI=1S/2C15H25NO3.C4H6O6/c2*1-12(2)16-10-14(17)11-19-15-6-4-13(5-7-15)8-9-18-3;5-1(3(7)8)2(6)4(9)10/h2*4-7,12,14,16-17H,8-11H2,1-3H3;1-2,5-6H,(H,7,8)(H,9,10). The van der Waals surface area contributed by atoms with E-state index in [2.05, 4.69) is 10.6 Å². The number of benzene rings is 2. The van der Waals surface area contributed by atoms with Gasteiger partial charge in [0, 0.05) is 39.4 Å². The Morgan fingerprint density at radius 3 is 1.17 bits per heavy atom. The fraction of sp³-hybridized carbons (Fsp3) is 0.588. The summed E-state index contributed by atoms with van der Waals surface area (Å²) in [4.78, 5) is 19.5. The molecule has 0 aliphatic carbocycles. The van der Waals surface area contributed by atoms with Crippen LogP contribution in [0.15, 0.2) is 48.5 Å². The predicted molar refractivity (Wildman–Crippen MR) is 181 cm³/mol. The van der Waals surface area contributed by atoms with Crippen molar-refractivity contribution in [3.63, 3.8) is 0 Å². The molecule has 0 saturated heterocycles. The minimum Gasteiger partial charge on any atom is -0.491 e. The van der Waals surface area contributed by atoms with E-state index in [4.69, 9.17) is 39.4 Å². The number of carboxylic acid groups (broad SMARTS) is 2. The summed E-state index contributed by atoms with van der Waals surface area (Å²) in [5.74, 6) is -1.97. The van der Waals surface area contributed by atoms with Crippen LogP contribution in [-0.4, -0.2) is 133 Å². The summed E-state index contributed by atoms with van der Waals surface area (Å²) in [6.45, 7) is 11.3. The summed E-state index contributed by atoms with van der Waals surface area (Å²) in [6.07, 6.45) is -3.71. The Morgan fingerprint density at radius 1 is 0.604 bits per heavy atom. The number of carboxylic acids is 2. The quantitative estimate of drug-likeness (QED) is 0.0925. The Labute approximate surface area is 283 Å². The first-order valence-corrected chi connectivity index (χ1v) is 15.8. The number of rotatable bonds is 21. The van der Waals surface area contributed by atoms with E-state index in [0.717, 1.165) is 37.6 Å². The topological polar surface area (TPSA) is 216 Å². The highest BCUT2D eigenvalue weighted by Crippen LogP contribution is 2.14. The Hall–Kier alpha value is -3.34. The number of carbonyl (C=O) groups is 2. The van der Waals surface area contributed by atoms with E-state index < -0.39 is 36.4 Å². The van der Waals surface area contributed by atoms with Crippen molar-refractivity contribution in [1.82, 2.24) is 10.6 Å². The molecule has 0 amide bonds. The zero-order valence-electron chi connectivity index (χ0n) is 28.9. The normalized spacial score (nSPS) is 13.3. The Balaban J connectivity index is 0.000000727. The maximum atomic E-state index is 9.77. The Bertz CT molecular complexity index is 1010. The van der Waals surface area contributed by atoms with Gasteiger partial charge in [0.25, 0.3) is 0 Å². The average Bonchev–Trinajstić information content (AvgIpc) is 3.06.